The molecule has 0 saturated heterocycles. The van der Waals surface area contributed by atoms with E-state index in [1.807, 2.05) is 20.2 Å². The van der Waals surface area contributed by atoms with Gasteiger partial charge in [0.2, 0.25) is 0 Å². The number of nitrogens with zero attached hydrogens (tertiary/aromatic N) is 2. The predicted molar refractivity (Wildman–Crippen MR) is 84.0 cm³/mol. The van der Waals surface area contributed by atoms with Crippen molar-refractivity contribution in [2.75, 3.05) is 27.2 Å². The summed E-state index contributed by atoms with van der Waals surface area (Å²) in [5, 5.41) is 17.8. The zero-order valence-corrected chi connectivity index (χ0v) is 13.6. The summed E-state index contributed by atoms with van der Waals surface area (Å²) >= 11 is 3.32. The Balaban J connectivity index is 2.90. The molecule has 0 aromatic heterocycles. The van der Waals surface area contributed by atoms with Crippen LogP contribution in [0, 0.1) is 11.3 Å². The van der Waals surface area contributed by atoms with Gasteiger partial charge in [-0.3, -0.25) is 0 Å². The number of carboxylic acids is 1. The number of carboxylic acid groups (broad SMARTS) is 1. The van der Waals surface area contributed by atoms with Gasteiger partial charge in [-0.05, 0) is 44.8 Å². The van der Waals surface area contributed by atoms with Crippen LogP contribution in [0.25, 0.3) is 6.08 Å². The molecule has 0 aliphatic rings. The van der Waals surface area contributed by atoms with Crippen LogP contribution in [0.1, 0.15) is 12.0 Å². The first-order chi connectivity index (χ1) is 9.93. The molecule has 0 amide bonds. The van der Waals surface area contributed by atoms with E-state index in [0.29, 0.717) is 17.9 Å². The van der Waals surface area contributed by atoms with Crippen molar-refractivity contribution in [1.29, 1.82) is 5.26 Å². The maximum Gasteiger partial charge on any atom is 0.346 e. The number of rotatable bonds is 7. The average molecular weight is 353 g/mol. The van der Waals surface area contributed by atoms with E-state index in [2.05, 4.69) is 20.8 Å². The molecule has 5 nitrogen and oxygen atoms in total. The molecule has 21 heavy (non-hydrogen) atoms. The van der Waals surface area contributed by atoms with Gasteiger partial charge in [-0.15, -0.1) is 0 Å². The minimum absolute atomic E-state index is 0.328. The van der Waals surface area contributed by atoms with Crippen molar-refractivity contribution in [1.82, 2.24) is 4.90 Å². The van der Waals surface area contributed by atoms with E-state index < -0.39 is 5.97 Å². The van der Waals surface area contributed by atoms with Crippen LogP contribution in [0.2, 0.25) is 0 Å². The summed E-state index contributed by atoms with van der Waals surface area (Å²) < 4.78 is 6.46. The summed E-state index contributed by atoms with van der Waals surface area (Å²) in [4.78, 5) is 13.0. The smallest absolute Gasteiger partial charge is 0.346 e. The molecule has 0 unspecified atom stereocenters. The molecule has 0 fully saturated rings. The number of aliphatic carboxylic acids is 1. The Bertz CT molecular complexity index is 577. The van der Waals surface area contributed by atoms with Crippen LogP contribution >= 0.6 is 15.9 Å². The summed E-state index contributed by atoms with van der Waals surface area (Å²) in [7, 11) is 3.97. The highest BCUT2D eigenvalue weighted by Crippen LogP contribution is 2.25. The van der Waals surface area contributed by atoms with Gasteiger partial charge in [-0.1, -0.05) is 15.9 Å². The number of halogens is 1. The molecule has 0 saturated carbocycles. The minimum Gasteiger partial charge on any atom is -0.493 e. The molecular weight excluding hydrogens is 336 g/mol. The quantitative estimate of drug-likeness (QED) is 0.464. The molecule has 0 aliphatic heterocycles. The first kappa shape index (κ1) is 17.2. The molecule has 6 heteroatoms. The summed E-state index contributed by atoms with van der Waals surface area (Å²) in [6.07, 6.45) is 2.17. The normalized spacial score (nSPS) is 11.3. The summed E-state index contributed by atoms with van der Waals surface area (Å²) in [5.74, 6) is -0.693. The average Bonchev–Trinajstić information content (AvgIpc) is 2.42. The van der Waals surface area contributed by atoms with Gasteiger partial charge < -0.3 is 14.7 Å². The molecule has 0 radical (unpaired) electrons. The highest BCUT2D eigenvalue weighted by Gasteiger charge is 2.09. The standard InChI is InChI=1S/C15H17BrN2O3/c1-18(2)6-3-7-21-14-5-4-13(16)9-11(14)8-12(10-17)15(19)20/h4-5,8-9H,3,6-7H2,1-2H3,(H,19,20). The van der Waals surface area contributed by atoms with Crippen LogP contribution in [-0.2, 0) is 4.79 Å². The zero-order valence-electron chi connectivity index (χ0n) is 12.0. The summed E-state index contributed by atoms with van der Waals surface area (Å²) in [6, 6.07) is 6.95. The molecule has 112 valence electrons. The number of benzene rings is 1. The lowest BCUT2D eigenvalue weighted by Gasteiger charge is -2.12. The van der Waals surface area contributed by atoms with E-state index in [1.54, 1.807) is 18.2 Å². The number of nitriles is 1. The third-order valence-electron chi connectivity index (χ3n) is 2.63. The Morgan fingerprint density at radius 3 is 2.81 bits per heavy atom. The van der Waals surface area contributed by atoms with Gasteiger partial charge in [0.25, 0.3) is 0 Å². The van der Waals surface area contributed by atoms with Crippen LogP contribution in [0.4, 0.5) is 0 Å². The Labute approximate surface area is 132 Å². The molecule has 0 heterocycles. The Morgan fingerprint density at radius 2 is 2.24 bits per heavy atom. The van der Waals surface area contributed by atoms with Crippen LogP contribution in [0.3, 0.4) is 0 Å². The van der Waals surface area contributed by atoms with Gasteiger partial charge in [0, 0.05) is 16.6 Å². The van der Waals surface area contributed by atoms with Crippen LogP contribution < -0.4 is 4.74 Å². The van der Waals surface area contributed by atoms with E-state index >= 15 is 0 Å². The van der Waals surface area contributed by atoms with Crippen LogP contribution in [0.5, 0.6) is 5.75 Å². The maximum absolute atomic E-state index is 10.9. The van der Waals surface area contributed by atoms with Crippen LogP contribution in [0.15, 0.2) is 28.2 Å². The van der Waals surface area contributed by atoms with E-state index in [4.69, 9.17) is 15.1 Å². The van der Waals surface area contributed by atoms with E-state index in [-0.39, 0.29) is 5.57 Å². The van der Waals surface area contributed by atoms with Crippen LogP contribution in [-0.4, -0.2) is 43.2 Å². The second kappa shape index (κ2) is 8.45. The van der Waals surface area contributed by atoms with Crippen molar-refractivity contribution < 1.29 is 14.6 Å². The van der Waals surface area contributed by atoms with E-state index in [9.17, 15) is 4.79 Å². The fraction of sp³-hybridized carbons (Fsp3) is 0.333. The van der Waals surface area contributed by atoms with Gasteiger partial charge in [-0.25, -0.2) is 4.79 Å². The highest BCUT2D eigenvalue weighted by molar-refractivity contribution is 9.10. The molecule has 1 N–H and O–H groups in total. The van der Waals surface area contributed by atoms with Crippen molar-refractivity contribution in [3.8, 4) is 11.8 Å². The first-order valence-electron chi connectivity index (χ1n) is 6.36. The summed E-state index contributed by atoms with van der Waals surface area (Å²) in [6.45, 7) is 1.43. The third-order valence-corrected chi connectivity index (χ3v) is 3.12. The SMILES string of the molecule is CN(C)CCCOc1ccc(Br)cc1C=C(C#N)C(=O)O. The monoisotopic (exact) mass is 352 g/mol. The minimum atomic E-state index is -1.25. The Morgan fingerprint density at radius 1 is 1.52 bits per heavy atom. The molecule has 0 aliphatic carbocycles. The number of hydrogen-bond donors (Lipinski definition) is 1. The van der Waals surface area contributed by atoms with Gasteiger partial charge in [0.1, 0.15) is 17.4 Å². The molecule has 1 aromatic carbocycles. The fourth-order valence-corrected chi connectivity index (χ4v) is 2.00. The second-order valence-electron chi connectivity index (χ2n) is 4.66. The number of carbonyl (C=O) groups is 1. The predicted octanol–water partition coefficient (Wildman–Crippen LogP) is 2.77. The van der Waals surface area contributed by atoms with E-state index in [1.165, 1.54) is 6.08 Å². The molecule has 0 bridgehead atoms. The lowest BCUT2D eigenvalue weighted by Crippen LogP contribution is -2.15. The van der Waals surface area contributed by atoms with Crippen molar-refractivity contribution in [2.24, 2.45) is 0 Å². The Hall–Kier alpha value is -1.84. The second-order valence-corrected chi connectivity index (χ2v) is 5.58. The largest absolute Gasteiger partial charge is 0.493 e. The number of ether oxygens (including phenoxy) is 1. The molecule has 0 spiro atoms. The van der Waals surface area contributed by atoms with Gasteiger partial charge in [-0.2, -0.15) is 5.26 Å². The lowest BCUT2D eigenvalue weighted by molar-refractivity contribution is -0.132. The molecule has 1 aromatic rings. The highest BCUT2D eigenvalue weighted by atomic mass is 79.9. The topological polar surface area (TPSA) is 73.6 Å². The van der Waals surface area contributed by atoms with E-state index in [0.717, 1.165) is 17.4 Å². The molecular formula is C15H17BrN2O3. The third kappa shape index (κ3) is 5.98. The number of hydrogen-bond acceptors (Lipinski definition) is 4. The molecule has 0 atom stereocenters. The lowest BCUT2D eigenvalue weighted by atomic mass is 10.1. The van der Waals surface area contributed by atoms with Gasteiger partial charge >= 0.3 is 5.97 Å². The first-order valence-corrected chi connectivity index (χ1v) is 7.15. The zero-order chi connectivity index (χ0) is 15.8. The van der Waals surface area contributed by atoms with Crippen molar-refractivity contribution in [3.05, 3.63) is 33.8 Å². The van der Waals surface area contributed by atoms with Crippen molar-refractivity contribution in [2.45, 2.75) is 6.42 Å². The fourth-order valence-electron chi connectivity index (χ4n) is 1.62. The Kier molecular flexibility index (Phi) is 6.92. The van der Waals surface area contributed by atoms with Crippen molar-refractivity contribution in [3.63, 3.8) is 0 Å². The maximum atomic E-state index is 10.9. The molecule has 1 rings (SSSR count). The van der Waals surface area contributed by atoms with Gasteiger partial charge in [0.15, 0.2) is 0 Å². The van der Waals surface area contributed by atoms with Crippen molar-refractivity contribution >= 4 is 28.0 Å². The van der Waals surface area contributed by atoms with Gasteiger partial charge in [0.05, 0.1) is 6.61 Å². The summed E-state index contributed by atoms with van der Waals surface area (Å²) in [5.41, 5.74) is 0.236.